The second-order valence-electron chi connectivity index (χ2n) is 7.78. The number of ether oxygens (including phenoxy) is 1. The quantitative estimate of drug-likeness (QED) is 0.581. The van der Waals surface area contributed by atoms with Crippen molar-refractivity contribution in [2.75, 3.05) is 0 Å². The van der Waals surface area contributed by atoms with Gasteiger partial charge in [0.1, 0.15) is 11.2 Å². The Kier molecular flexibility index (Phi) is 3.66. The van der Waals surface area contributed by atoms with Gasteiger partial charge in [0.15, 0.2) is 5.60 Å². The Morgan fingerprint density at radius 1 is 1.23 bits per heavy atom. The van der Waals surface area contributed by atoms with Gasteiger partial charge in [-0.1, -0.05) is 0 Å². The van der Waals surface area contributed by atoms with Crippen LogP contribution in [0.5, 0.6) is 11.8 Å². The molecule has 2 aliphatic rings. The Morgan fingerprint density at radius 2 is 1.83 bits per heavy atom. The molecule has 0 radical (unpaired) electrons. The summed E-state index contributed by atoms with van der Waals surface area (Å²) in [6.07, 6.45) is -5.32. The van der Waals surface area contributed by atoms with Crippen molar-refractivity contribution < 1.29 is 43.1 Å². The lowest BCUT2D eigenvalue weighted by atomic mass is 9.69. The summed E-state index contributed by atoms with van der Waals surface area (Å²) in [5.74, 6) is -3.03. The first-order valence-electron chi connectivity index (χ1n) is 8.66. The highest BCUT2D eigenvalue weighted by molar-refractivity contribution is 5.83. The lowest BCUT2D eigenvalue weighted by molar-refractivity contribution is -0.180. The van der Waals surface area contributed by atoms with Crippen LogP contribution in [0.1, 0.15) is 42.5 Å². The summed E-state index contributed by atoms with van der Waals surface area (Å²) >= 11 is 0. The summed E-state index contributed by atoms with van der Waals surface area (Å²) in [7, 11) is 0. The molecule has 2 unspecified atom stereocenters. The van der Waals surface area contributed by atoms with Crippen LogP contribution in [0.4, 0.5) is 13.2 Å². The molecule has 3 atom stereocenters. The van der Waals surface area contributed by atoms with E-state index in [2.05, 4.69) is 0 Å². The monoisotopic (exact) mass is 424 g/mol. The van der Waals surface area contributed by atoms with Crippen LogP contribution in [0.25, 0.3) is 5.69 Å². The van der Waals surface area contributed by atoms with Gasteiger partial charge in [0.25, 0.3) is 0 Å². The molecule has 0 amide bonds. The van der Waals surface area contributed by atoms with Crippen molar-refractivity contribution in [2.24, 2.45) is 0 Å². The smallest absolute Gasteiger partial charge is 0.417 e. The molecule has 2 bridgehead atoms. The van der Waals surface area contributed by atoms with E-state index in [1.165, 1.54) is 19.9 Å². The molecular weight excluding hydrogens is 409 g/mol. The first-order chi connectivity index (χ1) is 13.7. The number of halogens is 3. The van der Waals surface area contributed by atoms with Gasteiger partial charge in [-0.3, -0.25) is 4.57 Å². The molecule has 11 heteroatoms. The van der Waals surface area contributed by atoms with E-state index in [-0.39, 0.29) is 16.8 Å². The standard InChI is InChI=1S/C19H15F3N2O6/c1-16-7-18(29,15(27)28)17(2,30-16)12-11(16)13(25)24(14(12)26)9-4-3-8(6-23)10(5-9)19(20,21)22/h3-5,25-26,29H,7H2,1-2H3,(H,27,28)/t16?,17?,18-/m1/s1. The molecule has 1 aromatic heterocycles. The maximum Gasteiger partial charge on any atom is 0.417 e. The molecule has 1 aromatic carbocycles. The zero-order chi connectivity index (χ0) is 22.4. The average molecular weight is 424 g/mol. The maximum absolute atomic E-state index is 13.3. The van der Waals surface area contributed by atoms with Gasteiger partial charge in [-0.05, 0) is 32.0 Å². The summed E-state index contributed by atoms with van der Waals surface area (Å²) in [4.78, 5) is 11.7. The van der Waals surface area contributed by atoms with Gasteiger partial charge in [0, 0.05) is 6.42 Å². The fraction of sp³-hybridized carbons (Fsp3) is 0.368. The number of aliphatic carboxylic acids is 1. The number of hydrogen-bond acceptors (Lipinski definition) is 6. The number of hydrogen-bond donors (Lipinski definition) is 4. The lowest BCUT2D eigenvalue weighted by Gasteiger charge is -2.34. The third-order valence-corrected chi connectivity index (χ3v) is 5.98. The number of aliphatic hydroxyl groups is 1. The number of alkyl halides is 3. The minimum atomic E-state index is -4.87. The van der Waals surface area contributed by atoms with E-state index in [0.717, 1.165) is 12.1 Å². The predicted octanol–water partition coefficient (Wildman–Crippen LogP) is 2.46. The predicted molar refractivity (Wildman–Crippen MR) is 91.8 cm³/mol. The third kappa shape index (κ3) is 2.15. The third-order valence-electron chi connectivity index (χ3n) is 5.98. The highest BCUT2D eigenvalue weighted by Gasteiger charge is 2.74. The highest BCUT2D eigenvalue weighted by Crippen LogP contribution is 2.67. The van der Waals surface area contributed by atoms with Crippen LogP contribution < -0.4 is 0 Å². The van der Waals surface area contributed by atoms with Gasteiger partial charge in [-0.2, -0.15) is 18.4 Å². The van der Waals surface area contributed by atoms with Crippen molar-refractivity contribution >= 4 is 5.97 Å². The molecule has 2 aliphatic heterocycles. The van der Waals surface area contributed by atoms with Gasteiger partial charge >= 0.3 is 12.1 Å². The summed E-state index contributed by atoms with van der Waals surface area (Å²) < 4.78 is 46.4. The molecule has 0 aliphatic carbocycles. The number of fused-ring (bicyclic) bond motifs is 5. The normalized spacial score (nSPS) is 29.6. The van der Waals surface area contributed by atoms with Crippen LogP contribution in [0.2, 0.25) is 0 Å². The van der Waals surface area contributed by atoms with Crippen LogP contribution in [0.15, 0.2) is 18.2 Å². The van der Waals surface area contributed by atoms with E-state index < -0.39 is 58.3 Å². The van der Waals surface area contributed by atoms with Gasteiger partial charge in [0.2, 0.25) is 11.8 Å². The van der Waals surface area contributed by atoms with Crippen molar-refractivity contribution in [1.82, 2.24) is 4.57 Å². The van der Waals surface area contributed by atoms with Crippen LogP contribution >= 0.6 is 0 Å². The highest BCUT2D eigenvalue weighted by atomic mass is 19.4. The molecule has 158 valence electrons. The summed E-state index contributed by atoms with van der Waals surface area (Å²) in [5.41, 5.74) is -8.38. The molecule has 4 N–H and O–H groups in total. The van der Waals surface area contributed by atoms with Crippen molar-refractivity contribution in [3.8, 4) is 23.5 Å². The number of aromatic hydroxyl groups is 2. The topological polar surface area (TPSA) is 136 Å². The second kappa shape index (κ2) is 5.47. The molecule has 3 heterocycles. The van der Waals surface area contributed by atoms with Crippen LogP contribution in [0.3, 0.4) is 0 Å². The Balaban J connectivity index is 2.00. The number of rotatable bonds is 2. The van der Waals surface area contributed by atoms with Crippen molar-refractivity contribution in [3.63, 3.8) is 0 Å². The Labute approximate surface area is 167 Å². The van der Waals surface area contributed by atoms with Crippen molar-refractivity contribution in [1.29, 1.82) is 5.26 Å². The fourth-order valence-electron chi connectivity index (χ4n) is 4.65. The Hall–Kier alpha value is -3.23. The van der Waals surface area contributed by atoms with E-state index in [4.69, 9.17) is 10.00 Å². The average Bonchev–Trinajstić information content (AvgIpc) is 3.13. The number of nitrogens with zero attached hydrogens (tertiary/aromatic N) is 2. The number of benzene rings is 1. The minimum absolute atomic E-state index is 0.0219. The molecule has 30 heavy (non-hydrogen) atoms. The van der Waals surface area contributed by atoms with Crippen LogP contribution in [0, 0.1) is 11.3 Å². The molecule has 4 rings (SSSR count). The van der Waals surface area contributed by atoms with Gasteiger partial charge in [0.05, 0.1) is 34.0 Å². The molecule has 2 aromatic rings. The first kappa shape index (κ1) is 20.1. The SMILES string of the molecule is CC12C[C@@](O)(C(=O)O)C(C)(O1)c1c2c(O)n(-c2ccc(C#N)c(C(F)(F)F)c2)c1O. The van der Waals surface area contributed by atoms with E-state index in [0.29, 0.717) is 10.6 Å². The Morgan fingerprint density at radius 3 is 2.37 bits per heavy atom. The van der Waals surface area contributed by atoms with E-state index in [1.807, 2.05) is 0 Å². The molecule has 0 saturated carbocycles. The van der Waals surface area contributed by atoms with Crippen LogP contribution in [-0.2, 0) is 26.9 Å². The first-order valence-corrected chi connectivity index (χ1v) is 8.66. The van der Waals surface area contributed by atoms with Gasteiger partial charge < -0.3 is 25.2 Å². The van der Waals surface area contributed by atoms with Crippen molar-refractivity contribution in [3.05, 3.63) is 40.5 Å². The minimum Gasteiger partial charge on any atom is -0.494 e. The number of aromatic nitrogens is 1. The largest absolute Gasteiger partial charge is 0.494 e. The molecule has 8 nitrogen and oxygen atoms in total. The summed E-state index contributed by atoms with van der Waals surface area (Å²) in [5, 5.41) is 50.8. The number of carboxylic acid groups (broad SMARTS) is 1. The number of nitriles is 1. The van der Waals surface area contributed by atoms with E-state index >= 15 is 0 Å². The van der Waals surface area contributed by atoms with Crippen molar-refractivity contribution in [2.45, 2.75) is 43.2 Å². The zero-order valence-electron chi connectivity index (χ0n) is 15.6. The number of carboxylic acids is 1. The summed E-state index contributed by atoms with van der Waals surface area (Å²) in [6.45, 7) is 2.63. The van der Waals surface area contributed by atoms with Gasteiger partial charge in [-0.25, -0.2) is 4.79 Å². The van der Waals surface area contributed by atoms with Crippen LogP contribution in [-0.4, -0.2) is 36.6 Å². The van der Waals surface area contributed by atoms with E-state index in [1.54, 1.807) is 0 Å². The molecule has 1 saturated heterocycles. The van der Waals surface area contributed by atoms with Gasteiger partial charge in [-0.15, -0.1) is 0 Å². The summed E-state index contributed by atoms with van der Waals surface area (Å²) in [6, 6.07) is 4.01. The molecule has 1 fully saturated rings. The lowest BCUT2D eigenvalue weighted by Crippen LogP contribution is -2.53. The van der Waals surface area contributed by atoms with E-state index in [9.17, 15) is 38.4 Å². The molecule has 0 spiro atoms. The maximum atomic E-state index is 13.3. The molecular formula is C19H15F3N2O6. The fourth-order valence-corrected chi connectivity index (χ4v) is 4.65. The number of carbonyl (C=O) groups is 1. The zero-order valence-corrected chi connectivity index (χ0v) is 15.6. The Bertz CT molecular complexity index is 1170. The second-order valence-corrected chi connectivity index (χ2v) is 7.78.